The number of esters is 3. The van der Waals surface area contributed by atoms with Crippen LogP contribution in [-0.4, -0.2) is 113 Å². The molecule has 0 amide bonds. The molecule has 1 aliphatic rings. The van der Waals surface area contributed by atoms with Gasteiger partial charge in [-0.05, 0) is 84.3 Å². The van der Waals surface area contributed by atoms with Gasteiger partial charge in [-0.15, -0.1) is 30.0 Å². The summed E-state index contributed by atoms with van der Waals surface area (Å²) in [7, 11) is 0. The number of hydrogen-bond acceptors (Lipinski definition) is 15. The van der Waals surface area contributed by atoms with Crippen molar-refractivity contribution in [2.24, 2.45) is 0 Å². The standard InChI is InChI=1S/C25H28ClN3O6.C18H18ClN3O3.C7H10O3/c1-14(2)24(33)35-13-17(30)12-34-22(31)10-15-8-18(25(3,4)5)23(32)21(9-15)29-27-19-7-6-16(26)11-20(19)28-29;1-18(2,3)12-6-10(8-16(23)24)7-15(17(12)25)22-20-13-5-4-11(19)9-14(13)21-22;1-5(2)7(8)10-4-6-3-9-6/h6-9,11,17,30,32H,1,10,12-13H2,2-5H3;4-7,9,25H,8H2,1-3H3,(H,23,24);6H,1,3-4H2,2H3. The molecule has 0 aliphatic carbocycles. The van der Waals surface area contributed by atoms with Crippen molar-refractivity contribution in [2.75, 3.05) is 26.4 Å². The Morgan fingerprint density at radius 2 is 1.10 bits per heavy atom. The Kier molecular flexibility index (Phi) is 17.5. The maximum absolute atomic E-state index is 12.5. The molecule has 2 atom stereocenters. The molecular weight excluding hydrogens is 947 g/mol. The molecule has 2 aromatic heterocycles. The highest BCUT2D eigenvalue weighted by atomic mass is 35.5. The van der Waals surface area contributed by atoms with E-state index in [0.29, 0.717) is 84.5 Å². The molecule has 1 saturated heterocycles. The lowest BCUT2D eigenvalue weighted by Gasteiger charge is -2.23. The number of carboxylic acid groups (broad SMARTS) is 1. The third kappa shape index (κ3) is 15.1. The first-order chi connectivity index (χ1) is 32.7. The molecule has 1 fully saturated rings. The molecule has 2 unspecified atom stereocenters. The molecular formula is C50H56Cl2N6O12. The summed E-state index contributed by atoms with van der Waals surface area (Å²) < 4.78 is 19.6. The van der Waals surface area contributed by atoms with Crippen LogP contribution in [0.25, 0.3) is 33.4 Å². The topological polar surface area (TPSA) is 251 Å². The summed E-state index contributed by atoms with van der Waals surface area (Å²) in [6.07, 6.45) is -1.30. The number of fused-ring (bicyclic) bond motifs is 2. The summed E-state index contributed by atoms with van der Waals surface area (Å²) in [5.74, 6) is -2.48. The van der Waals surface area contributed by atoms with E-state index < -0.39 is 29.4 Å². The Morgan fingerprint density at radius 1 is 0.686 bits per heavy atom. The third-order valence-electron chi connectivity index (χ3n) is 10.1. The predicted octanol–water partition coefficient (Wildman–Crippen LogP) is 7.85. The van der Waals surface area contributed by atoms with E-state index in [1.165, 1.54) is 16.5 Å². The summed E-state index contributed by atoms with van der Waals surface area (Å²) in [4.78, 5) is 48.3. The quantitative estimate of drug-likeness (QED) is 0.0351. The van der Waals surface area contributed by atoms with Crippen LogP contribution < -0.4 is 0 Å². The number of aliphatic hydroxyl groups excluding tert-OH is 1. The zero-order valence-corrected chi connectivity index (χ0v) is 41.6. The van der Waals surface area contributed by atoms with Gasteiger partial charge in [0.05, 0.1) is 19.4 Å². The average Bonchev–Trinajstić information content (AvgIpc) is 3.86. The number of nitrogens with zero attached hydrogens (tertiary/aromatic N) is 6. The number of rotatable bonds is 14. The number of aliphatic carboxylic acids is 1. The molecule has 18 nitrogen and oxygen atoms in total. The van der Waals surface area contributed by atoms with Crippen LogP contribution in [0.3, 0.4) is 0 Å². The van der Waals surface area contributed by atoms with Crippen LogP contribution in [0.4, 0.5) is 0 Å². The number of carbonyl (C=O) groups is 4. The van der Waals surface area contributed by atoms with Gasteiger partial charge in [0.2, 0.25) is 0 Å². The molecule has 1 aliphatic heterocycles. The summed E-state index contributed by atoms with van der Waals surface area (Å²) in [6, 6.07) is 16.9. The largest absolute Gasteiger partial charge is 0.505 e. The average molecular weight is 1000 g/mol. The minimum absolute atomic E-state index is 0.00392. The summed E-state index contributed by atoms with van der Waals surface area (Å²) in [5, 5.41) is 59.4. The fourth-order valence-corrected chi connectivity index (χ4v) is 6.71. The van der Waals surface area contributed by atoms with Gasteiger partial charge in [0.1, 0.15) is 77.0 Å². The normalized spacial score (nSPS) is 13.6. The van der Waals surface area contributed by atoms with Crippen molar-refractivity contribution in [3.05, 3.63) is 117 Å². The number of hydrogen-bond donors (Lipinski definition) is 4. The molecule has 0 radical (unpaired) electrons. The highest BCUT2D eigenvalue weighted by Crippen LogP contribution is 2.38. The number of halogens is 2. The highest BCUT2D eigenvalue weighted by Gasteiger charge is 2.27. The second-order valence-electron chi connectivity index (χ2n) is 18.6. The van der Waals surface area contributed by atoms with E-state index in [4.69, 9.17) is 47.3 Å². The van der Waals surface area contributed by atoms with E-state index in [1.807, 2.05) is 41.5 Å². The van der Waals surface area contributed by atoms with Gasteiger partial charge in [0.25, 0.3) is 0 Å². The fourth-order valence-electron chi connectivity index (χ4n) is 6.38. The maximum atomic E-state index is 12.5. The second kappa shape index (κ2) is 22.7. The third-order valence-corrected chi connectivity index (χ3v) is 10.5. The van der Waals surface area contributed by atoms with Crippen molar-refractivity contribution in [3.63, 3.8) is 0 Å². The Morgan fingerprint density at radius 3 is 1.51 bits per heavy atom. The maximum Gasteiger partial charge on any atom is 0.333 e. The van der Waals surface area contributed by atoms with Gasteiger partial charge in [-0.1, -0.05) is 90.0 Å². The number of ether oxygens (including phenoxy) is 4. The molecule has 7 rings (SSSR count). The molecule has 4 N–H and O–H groups in total. The monoisotopic (exact) mass is 1000 g/mol. The van der Waals surface area contributed by atoms with Crippen molar-refractivity contribution in [3.8, 4) is 22.9 Å². The molecule has 20 heteroatoms. The number of carboxylic acids is 1. The van der Waals surface area contributed by atoms with Crippen LogP contribution in [-0.2, 0) is 61.8 Å². The number of carbonyl (C=O) groups excluding carboxylic acids is 3. The van der Waals surface area contributed by atoms with E-state index in [2.05, 4.69) is 33.6 Å². The second-order valence-corrected chi connectivity index (χ2v) is 19.4. The molecule has 4 aromatic carbocycles. The van der Waals surface area contributed by atoms with Gasteiger partial charge in [-0.25, -0.2) is 9.59 Å². The molecule has 70 heavy (non-hydrogen) atoms. The fraction of sp³-hybridized carbons (Fsp3) is 0.360. The van der Waals surface area contributed by atoms with E-state index >= 15 is 0 Å². The minimum Gasteiger partial charge on any atom is -0.505 e. The lowest BCUT2D eigenvalue weighted by Crippen LogP contribution is -2.26. The molecule has 0 spiro atoms. The van der Waals surface area contributed by atoms with Crippen LogP contribution in [0.5, 0.6) is 11.5 Å². The Labute approximate surface area is 414 Å². The molecule has 0 bridgehead atoms. The van der Waals surface area contributed by atoms with E-state index in [0.717, 1.165) is 0 Å². The van der Waals surface area contributed by atoms with Gasteiger partial charge >= 0.3 is 23.9 Å². The molecule has 0 saturated carbocycles. The molecule has 3 heterocycles. The van der Waals surface area contributed by atoms with Gasteiger partial charge in [0.15, 0.2) is 0 Å². The number of phenols is 2. The summed E-state index contributed by atoms with van der Waals surface area (Å²) >= 11 is 12.0. The van der Waals surface area contributed by atoms with Crippen molar-refractivity contribution in [1.82, 2.24) is 30.0 Å². The zero-order valence-electron chi connectivity index (χ0n) is 40.1. The molecule has 6 aromatic rings. The van der Waals surface area contributed by atoms with E-state index in [9.17, 15) is 34.5 Å². The van der Waals surface area contributed by atoms with Crippen LogP contribution in [0.15, 0.2) is 85.0 Å². The van der Waals surface area contributed by atoms with Crippen molar-refractivity contribution in [1.29, 1.82) is 0 Å². The first kappa shape index (κ1) is 54.1. The number of aromatic nitrogens is 6. The van der Waals surface area contributed by atoms with Crippen LogP contribution in [0.2, 0.25) is 10.0 Å². The Hall–Kier alpha value is -6.86. The van der Waals surface area contributed by atoms with Crippen LogP contribution in [0, 0.1) is 0 Å². The SMILES string of the molecule is C=C(C)C(=O)OCC(O)COC(=O)Cc1cc(-n2nc3ccc(Cl)cc3n2)c(O)c(C(C)(C)C)c1.C=C(C)C(=O)OCC1CO1.CC(C)(C)c1cc(CC(=O)O)cc(-n2nc3ccc(Cl)cc3n2)c1O. The lowest BCUT2D eigenvalue weighted by atomic mass is 9.84. The Bertz CT molecular complexity index is 2950. The first-order valence-corrected chi connectivity index (χ1v) is 22.6. The highest BCUT2D eigenvalue weighted by molar-refractivity contribution is 6.31. The van der Waals surface area contributed by atoms with Crippen molar-refractivity contribution < 1.29 is 58.6 Å². The van der Waals surface area contributed by atoms with Gasteiger partial charge in [-0.3, -0.25) is 9.59 Å². The van der Waals surface area contributed by atoms with Gasteiger partial charge in [0, 0.05) is 32.3 Å². The van der Waals surface area contributed by atoms with Gasteiger partial charge < -0.3 is 39.4 Å². The lowest BCUT2D eigenvalue weighted by molar-refractivity contribution is -0.150. The Balaban J connectivity index is 0.000000225. The van der Waals surface area contributed by atoms with Crippen molar-refractivity contribution >= 4 is 69.1 Å². The summed E-state index contributed by atoms with van der Waals surface area (Å²) in [6.45, 7) is 22.1. The predicted molar refractivity (Wildman–Crippen MR) is 262 cm³/mol. The van der Waals surface area contributed by atoms with Crippen molar-refractivity contribution in [2.45, 2.75) is 91.3 Å². The number of aliphatic hydroxyl groups is 1. The van der Waals surface area contributed by atoms with Gasteiger partial charge in [-0.2, -0.15) is 0 Å². The number of epoxide rings is 1. The van der Waals surface area contributed by atoms with Crippen LogP contribution >= 0.6 is 23.2 Å². The number of aromatic hydroxyl groups is 2. The van der Waals surface area contributed by atoms with Crippen LogP contribution in [0.1, 0.15) is 77.6 Å². The number of benzene rings is 4. The minimum atomic E-state index is -1.17. The van der Waals surface area contributed by atoms with E-state index in [1.54, 1.807) is 67.6 Å². The smallest absolute Gasteiger partial charge is 0.333 e. The number of phenolic OH excluding ortho intramolecular Hbond substituents is 2. The first-order valence-electron chi connectivity index (χ1n) is 21.8. The van der Waals surface area contributed by atoms with E-state index in [-0.39, 0.29) is 60.6 Å². The molecule has 372 valence electrons. The summed E-state index contributed by atoms with van der Waals surface area (Å²) in [5.41, 5.74) is 5.21. The zero-order chi connectivity index (χ0) is 51.8.